The summed E-state index contributed by atoms with van der Waals surface area (Å²) in [5, 5.41) is 0. The Bertz CT molecular complexity index is 629. The number of aryl methyl sites for hydroxylation is 2. The predicted molar refractivity (Wildman–Crippen MR) is 91.7 cm³/mol. The lowest BCUT2D eigenvalue weighted by atomic mass is 9.91. The molecule has 0 radical (unpaired) electrons. The molecule has 0 aliphatic carbocycles. The topological polar surface area (TPSA) is 42.2 Å². The molecule has 0 bridgehead atoms. The third-order valence-electron chi connectivity index (χ3n) is 5.04. The molecule has 1 atom stereocenters. The molecule has 3 heterocycles. The molecular weight excluding hydrogens is 286 g/mol. The maximum Gasteiger partial charge on any atom is 0.115 e. The summed E-state index contributed by atoms with van der Waals surface area (Å²) in [5.74, 6) is 3.21. The van der Waals surface area contributed by atoms with Crippen molar-refractivity contribution in [2.75, 3.05) is 19.6 Å². The van der Waals surface area contributed by atoms with Crippen LogP contribution in [0, 0.1) is 13.8 Å². The summed E-state index contributed by atoms with van der Waals surface area (Å²) in [7, 11) is 0. The number of nitrogens with zero attached hydrogens (tertiary/aromatic N) is 3. The third-order valence-corrected chi connectivity index (χ3v) is 5.04. The van der Waals surface area contributed by atoms with E-state index in [1.54, 1.807) is 6.33 Å². The van der Waals surface area contributed by atoms with Gasteiger partial charge >= 0.3 is 0 Å². The van der Waals surface area contributed by atoms with Crippen molar-refractivity contribution in [1.29, 1.82) is 0 Å². The van der Waals surface area contributed by atoms with E-state index in [2.05, 4.69) is 40.8 Å². The quantitative estimate of drug-likeness (QED) is 0.835. The molecule has 2 aromatic rings. The number of aromatic nitrogens is 2. The molecule has 2 aromatic heterocycles. The van der Waals surface area contributed by atoms with Crippen LogP contribution < -0.4 is 0 Å². The largest absolute Gasteiger partial charge is 0.466 e. The van der Waals surface area contributed by atoms with E-state index in [-0.39, 0.29) is 0 Å². The fraction of sp³-hybridized carbons (Fsp3) is 0.579. The van der Waals surface area contributed by atoms with Crippen molar-refractivity contribution in [3.8, 4) is 0 Å². The van der Waals surface area contributed by atoms with Gasteiger partial charge in [0.25, 0.3) is 0 Å². The van der Waals surface area contributed by atoms with Crippen LogP contribution in [0.3, 0.4) is 0 Å². The lowest BCUT2D eigenvalue weighted by Crippen LogP contribution is -2.34. The van der Waals surface area contributed by atoms with Gasteiger partial charge in [-0.3, -0.25) is 0 Å². The molecule has 0 amide bonds. The number of piperidine rings is 1. The van der Waals surface area contributed by atoms with E-state index < -0.39 is 0 Å². The Morgan fingerprint density at radius 1 is 1.26 bits per heavy atom. The molecule has 0 aromatic carbocycles. The van der Waals surface area contributed by atoms with Crippen LogP contribution in [0.1, 0.15) is 60.8 Å². The fourth-order valence-corrected chi connectivity index (χ4v) is 3.50. The maximum atomic E-state index is 5.74. The van der Waals surface area contributed by atoms with Crippen LogP contribution in [0.15, 0.2) is 29.1 Å². The number of hydrogen-bond acceptors (Lipinski definition) is 4. The third kappa shape index (κ3) is 3.99. The molecule has 4 heteroatoms. The van der Waals surface area contributed by atoms with E-state index in [0.29, 0.717) is 11.8 Å². The lowest BCUT2D eigenvalue weighted by molar-refractivity contribution is 0.203. The van der Waals surface area contributed by atoms with E-state index >= 15 is 0 Å². The van der Waals surface area contributed by atoms with Crippen molar-refractivity contribution in [3.05, 3.63) is 47.4 Å². The number of furan rings is 1. The molecule has 1 fully saturated rings. The molecule has 1 saturated heterocycles. The molecule has 0 spiro atoms. The zero-order valence-corrected chi connectivity index (χ0v) is 14.5. The van der Waals surface area contributed by atoms with Gasteiger partial charge in [-0.1, -0.05) is 6.92 Å². The van der Waals surface area contributed by atoms with E-state index in [1.165, 1.54) is 24.1 Å². The van der Waals surface area contributed by atoms with Gasteiger partial charge in [-0.05, 0) is 70.4 Å². The van der Waals surface area contributed by atoms with Crippen molar-refractivity contribution in [2.45, 2.75) is 51.9 Å². The highest BCUT2D eigenvalue weighted by atomic mass is 16.3. The average molecular weight is 313 g/mol. The molecule has 23 heavy (non-hydrogen) atoms. The minimum atomic E-state index is 0.491. The van der Waals surface area contributed by atoms with Crippen molar-refractivity contribution in [3.63, 3.8) is 0 Å². The summed E-state index contributed by atoms with van der Waals surface area (Å²) in [4.78, 5) is 11.2. The maximum absolute atomic E-state index is 5.74. The molecule has 3 rings (SSSR count). The first-order valence-corrected chi connectivity index (χ1v) is 8.68. The van der Waals surface area contributed by atoms with E-state index in [9.17, 15) is 0 Å². The van der Waals surface area contributed by atoms with Gasteiger partial charge in [0.1, 0.15) is 17.8 Å². The Balaban J connectivity index is 1.47. The van der Waals surface area contributed by atoms with E-state index in [0.717, 1.165) is 37.6 Å². The minimum absolute atomic E-state index is 0.491. The Labute approximate surface area is 138 Å². The monoisotopic (exact) mass is 313 g/mol. The first-order valence-electron chi connectivity index (χ1n) is 8.68. The molecule has 0 saturated carbocycles. The van der Waals surface area contributed by atoms with Gasteiger partial charge in [0.2, 0.25) is 0 Å². The van der Waals surface area contributed by atoms with Gasteiger partial charge in [0.05, 0.1) is 0 Å². The summed E-state index contributed by atoms with van der Waals surface area (Å²) in [6, 6.07) is 4.17. The molecule has 1 unspecified atom stereocenters. The normalized spacial score (nSPS) is 18.2. The zero-order chi connectivity index (χ0) is 16.2. The number of likely N-dealkylation sites (tertiary alicyclic amines) is 1. The molecule has 124 valence electrons. The Morgan fingerprint density at radius 3 is 2.70 bits per heavy atom. The first-order chi connectivity index (χ1) is 11.1. The molecule has 1 aliphatic heterocycles. The summed E-state index contributed by atoms with van der Waals surface area (Å²) < 4.78 is 5.74. The van der Waals surface area contributed by atoms with Crippen molar-refractivity contribution >= 4 is 0 Å². The van der Waals surface area contributed by atoms with Gasteiger partial charge in [-0.15, -0.1) is 0 Å². The second-order valence-corrected chi connectivity index (χ2v) is 6.85. The molecular formula is C19H27N3O. The van der Waals surface area contributed by atoms with Crippen LogP contribution in [0.4, 0.5) is 0 Å². The Morgan fingerprint density at radius 2 is 2.04 bits per heavy atom. The zero-order valence-electron chi connectivity index (χ0n) is 14.5. The molecule has 0 N–H and O–H groups in total. The molecule has 1 aliphatic rings. The van der Waals surface area contributed by atoms with Crippen LogP contribution in [0.5, 0.6) is 0 Å². The summed E-state index contributed by atoms with van der Waals surface area (Å²) >= 11 is 0. The van der Waals surface area contributed by atoms with Crippen molar-refractivity contribution in [1.82, 2.24) is 14.9 Å². The highest BCUT2D eigenvalue weighted by molar-refractivity contribution is 5.19. The van der Waals surface area contributed by atoms with Crippen LogP contribution in [0.25, 0.3) is 0 Å². The second-order valence-electron chi connectivity index (χ2n) is 6.85. The van der Waals surface area contributed by atoms with Gasteiger partial charge in [-0.2, -0.15) is 0 Å². The van der Waals surface area contributed by atoms with Crippen molar-refractivity contribution in [2.24, 2.45) is 0 Å². The highest BCUT2D eigenvalue weighted by Crippen LogP contribution is 2.29. The standard InChI is InChI=1S/C19H27N3O/c1-14(18-5-4-16(3)23-18)6-9-22-10-7-17(8-11-22)19-15(2)12-20-13-21-19/h4-5,12-14,17H,6-11H2,1-3H3. The Hall–Kier alpha value is -1.68. The second kappa shape index (κ2) is 7.26. The summed E-state index contributed by atoms with van der Waals surface area (Å²) in [6.07, 6.45) is 7.17. The van der Waals surface area contributed by atoms with E-state index in [4.69, 9.17) is 4.42 Å². The highest BCUT2D eigenvalue weighted by Gasteiger charge is 2.23. The van der Waals surface area contributed by atoms with Crippen LogP contribution in [-0.2, 0) is 0 Å². The average Bonchev–Trinajstić information content (AvgIpc) is 3.00. The summed E-state index contributed by atoms with van der Waals surface area (Å²) in [5.41, 5.74) is 2.48. The smallest absolute Gasteiger partial charge is 0.115 e. The van der Waals surface area contributed by atoms with Gasteiger partial charge in [-0.25, -0.2) is 9.97 Å². The number of hydrogen-bond donors (Lipinski definition) is 0. The van der Waals surface area contributed by atoms with Crippen LogP contribution >= 0.6 is 0 Å². The Kier molecular flexibility index (Phi) is 5.11. The molecule has 4 nitrogen and oxygen atoms in total. The predicted octanol–water partition coefficient (Wildman–Crippen LogP) is 4.06. The lowest BCUT2D eigenvalue weighted by Gasteiger charge is -2.32. The van der Waals surface area contributed by atoms with E-state index in [1.807, 2.05) is 13.1 Å². The van der Waals surface area contributed by atoms with Crippen LogP contribution in [-0.4, -0.2) is 34.5 Å². The summed E-state index contributed by atoms with van der Waals surface area (Å²) in [6.45, 7) is 9.87. The SMILES string of the molecule is Cc1ccc(C(C)CCN2CCC(c3ncncc3C)CC2)o1. The van der Waals surface area contributed by atoms with Gasteiger partial charge < -0.3 is 9.32 Å². The first kappa shape index (κ1) is 16.2. The van der Waals surface area contributed by atoms with Crippen LogP contribution in [0.2, 0.25) is 0 Å². The minimum Gasteiger partial charge on any atom is -0.466 e. The van der Waals surface area contributed by atoms with Gasteiger partial charge in [0, 0.05) is 23.7 Å². The van der Waals surface area contributed by atoms with Crippen molar-refractivity contribution < 1.29 is 4.42 Å². The van der Waals surface area contributed by atoms with Gasteiger partial charge in [0.15, 0.2) is 0 Å². The number of rotatable bonds is 5. The fourth-order valence-electron chi connectivity index (χ4n) is 3.50.